The average Bonchev–Trinajstić information content (AvgIpc) is 2.33. The molecule has 0 fully saturated rings. The van der Waals surface area contributed by atoms with Crippen molar-refractivity contribution in [2.24, 2.45) is 0 Å². The van der Waals surface area contributed by atoms with Gasteiger partial charge in [-0.2, -0.15) is 0 Å². The number of amides is 1. The number of hydrogen-bond donors (Lipinski definition) is 2. The average molecular weight is 274 g/mol. The van der Waals surface area contributed by atoms with E-state index in [0.717, 1.165) is 6.07 Å². The van der Waals surface area contributed by atoms with E-state index < -0.39 is 5.82 Å². The first-order valence-corrected chi connectivity index (χ1v) is 6.13. The first-order valence-electron chi connectivity index (χ1n) is 5.75. The van der Waals surface area contributed by atoms with Gasteiger partial charge in [-0.1, -0.05) is 11.6 Å². The summed E-state index contributed by atoms with van der Waals surface area (Å²) < 4.78 is 13.1. The lowest BCUT2D eigenvalue weighted by Crippen LogP contribution is -2.35. The van der Waals surface area contributed by atoms with Gasteiger partial charge in [-0.15, -0.1) is 0 Å². The van der Waals surface area contributed by atoms with E-state index in [1.165, 1.54) is 6.07 Å². The number of anilines is 2. The van der Waals surface area contributed by atoms with Crippen molar-refractivity contribution in [3.8, 4) is 0 Å². The Bertz CT molecular complexity index is 436. The van der Waals surface area contributed by atoms with Gasteiger partial charge >= 0.3 is 0 Å². The number of halogens is 2. The van der Waals surface area contributed by atoms with E-state index in [1.807, 2.05) is 13.8 Å². The molecule has 1 amide bonds. The number of carbonyl (C=O) groups is 1. The minimum absolute atomic E-state index is 0.0259. The van der Waals surface area contributed by atoms with Gasteiger partial charge in [0, 0.05) is 19.2 Å². The molecule has 0 spiro atoms. The summed E-state index contributed by atoms with van der Waals surface area (Å²) in [6.45, 7) is 5.22. The zero-order valence-electron chi connectivity index (χ0n) is 10.5. The van der Waals surface area contributed by atoms with Crippen LogP contribution in [0.1, 0.15) is 13.8 Å². The molecule has 0 atom stereocenters. The van der Waals surface area contributed by atoms with Crippen LogP contribution in [0.15, 0.2) is 12.1 Å². The molecule has 0 saturated heterocycles. The van der Waals surface area contributed by atoms with Crippen molar-refractivity contribution < 1.29 is 9.18 Å². The summed E-state index contributed by atoms with van der Waals surface area (Å²) in [5.74, 6) is -0.616. The molecule has 100 valence electrons. The smallest absolute Gasteiger partial charge is 0.241 e. The van der Waals surface area contributed by atoms with Crippen LogP contribution in [0.25, 0.3) is 0 Å². The van der Waals surface area contributed by atoms with Gasteiger partial charge in [-0.3, -0.25) is 4.79 Å². The maximum Gasteiger partial charge on any atom is 0.241 e. The molecular formula is C12H17ClFN3O. The van der Waals surface area contributed by atoms with E-state index in [4.69, 9.17) is 17.3 Å². The van der Waals surface area contributed by atoms with Crippen molar-refractivity contribution >= 4 is 28.9 Å². The van der Waals surface area contributed by atoms with Crippen LogP contribution in [0.4, 0.5) is 15.8 Å². The zero-order valence-corrected chi connectivity index (χ0v) is 11.2. The summed E-state index contributed by atoms with van der Waals surface area (Å²) in [7, 11) is 0. The number of nitrogens with one attached hydrogen (secondary N) is 1. The highest BCUT2D eigenvalue weighted by Crippen LogP contribution is 2.25. The van der Waals surface area contributed by atoms with Gasteiger partial charge in [0.05, 0.1) is 22.9 Å². The molecule has 1 rings (SSSR count). The molecule has 3 N–H and O–H groups in total. The fourth-order valence-corrected chi connectivity index (χ4v) is 1.74. The molecule has 0 aliphatic rings. The number of benzene rings is 1. The Morgan fingerprint density at radius 3 is 2.61 bits per heavy atom. The molecule has 0 bridgehead atoms. The Labute approximate surface area is 111 Å². The third kappa shape index (κ3) is 3.50. The fraction of sp³-hybridized carbons (Fsp3) is 0.417. The van der Waals surface area contributed by atoms with Crippen molar-refractivity contribution in [1.29, 1.82) is 0 Å². The predicted molar refractivity (Wildman–Crippen MR) is 72.2 cm³/mol. The molecule has 1 aromatic carbocycles. The quantitative estimate of drug-likeness (QED) is 0.810. The maximum absolute atomic E-state index is 13.1. The van der Waals surface area contributed by atoms with Crippen LogP contribution in [0.3, 0.4) is 0 Å². The normalized spacial score (nSPS) is 10.2. The first kappa shape index (κ1) is 14.6. The van der Waals surface area contributed by atoms with Gasteiger partial charge in [0.25, 0.3) is 0 Å². The van der Waals surface area contributed by atoms with Crippen molar-refractivity contribution in [2.75, 3.05) is 30.7 Å². The first-order chi connectivity index (χ1) is 8.49. The molecule has 0 saturated carbocycles. The molecule has 0 heterocycles. The summed E-state index contributed by atoms with van der Waals surface area (Å²) in [5, 5.41) is 2.84. The zero-order chi connectivity index (χ0) is 13.7. The lowest BCUT2D eigenvalue weighted by Gasteiger charge is -2.19. The Morgan fingerprint density at radius 2 is 2.06 bits per heavy atom. The number of nitrogens with zero attached hydrogens (tertiary/aromatic N) is 1. The Kier molecular flexibility index (Phi) is 5.22. The van der Waals surface area contributed by atoms with E-state index in [0.29, 0.717) is 18.8 Å². The summed E-state index contributed by atoms with van der Waals surface area (Å²) in [6.07, 6.45) is 0. The molecule has 0 radical (unpaired) electrons. The number of rotatable bonds is 5. The Balaban J connectivity index is 2.69. The molecule has 4 nitrogen and oxygen atoms in total. The molecule has 1 aromatic rings. The van der Waals surface area contributed by atoms with Gasteiger partial charge in [0.2, 0.25) is 5.91 Å². The van der Waals surface area contributed by atoms with Gasteiger partial charge in [0.1, 0.15) is 5.82 Å². The third-order valence-corrected chi connectivity index (χ3v) is 2.93. The van der Waals surface area contributed by atoms with Crippen LogP contribution in [0, 0.1) is 5.82 Å². The van der Waals surface area contributed by atoms with Gasteiger partial charge < -0.3 is 16.0 Å². The summed E-state index contributed by atoms with van der Waals surface area (Å²) >= 11 is 5.65. The van der Waals surface area contributed by atoms with Crippen LogP contribution in [0.2, 0.25) is 5.02 Å². The Hall–Kier alpha value is -1.49. The van der Waals surface area contributed by atoms with E-state index in [1.54, 1.807) is 4.90 Å². The van der Waals surface area contributed by atoms with Crippen LogP contribution >= 0.6 is 11.6 Å². The third-order valence-electron chi connectivity index (χ3n) is 2.64. The van der Waals surface area contributed by atoms with Gasteiger partial charge in [-0.05, 0) is 19.9 Å². The second kappa shape index (κ2) is 6.44. The number of nitrogens with two attached hydrogens (primary N) is 1. The second-order valence-electron chi connectivity index (χ2n) is 3.77. The minimum atomic E-state index is -0.574. The molecule has 0 unspecified atom stereocenters. The highest BCUT2D eigenvalue weighted by molar-refractivity contribution is 6.31. The SMILES string of the molecule is CCN(CC)C(=O)CNc1cc(Cl)c(F)cc1N. The van der Waals surface area contributed by atoms with Crippen LogP contribution < -0.4 is 11.1 Å². The fourth-order valence-electron chi connectivity index (χ4n) is 1.57. The second-order valence-corrected chi connectivity index (χ2v) is 4.18. The molecule has 0 aliphatic heterocycles. The number of nitrogen functional groups attached to an aromatic ring is 1. The predicted octanol–water partition coefficient (Wildman–Crippen LogP) is 2.34. The summed E-state index contributed by atoms with van der Waals surface area (Å²) in [6, 6.07) is 2.51. The van der Waals surface area contributed by atoms with E-state index in [2.05, 4.69) is 5.32 Å². The highest BCUT2D eigenvalue weighted by atomic mass is 35.5. The largest absolute Gasteiger partial charge is 0.397 e. The summed E-state index contributed by atoms with van der Waals surface area (Å²) in [4.78, 5) is 13.4. The lowest BCUT2D eigenvalue weighted by atomic mass is 10.2. The minimum Gasteiger partial charge on any atom is -0.397 e. The monoisotopic (exact) mass is 273 g/mol. The van der Waals surface area contributed by atoms with E-state index in [-0.39, 0.29) is 23.2 Å². The van der Waals surface area contributed by atoms with Crippen molar-refractivity contribution in [1.82, 2.24) is 4.90 Å². The number of likely N-dealkylation sites (N-methyl/N-ethyl adjacent to an activating group) is 1. The standard InChI is InChI=1S/C12H17ClFN3O/c1-3-17(4-2)12(18)7-16-11-5-8(13)9(14)6-10(11)15/h5-6,16H,3-4,7,15H2,1-2H3. The molecule has 6 heteroatoms. The maximum atomic E-state index is 13.1. The molecular weight excluding hydrogens is 257 g/mol. The highest BCUT2D eigenvalue weighted by Gasteiger charge is 2.11. The van der Waals surface area contributed by atoms with Crippen molar-refractivity contribution in [3.63, 3.8) is 0 Å². The summed E-state index contributed by atoms with van der Waals surface area (Å²) in [5.41, 5.74) is 6.32. The van der Waals surface area contributed by atoms with Gasteiger partial charge in [0.15, 0.2) is 0 Å². The van der Waals surface area contributed by atoms with Crippen molar-refractivity contribution in [2.45, 2.75) is 13.8 Å². The van der Waals surface area contributed by atoms with Gasteiger partial charge in [-0.25, -0.2) is 4.39 Å². The van der Waals surface area contributed by atoms with Crippen LogP contribution in [0.5, 0.6) is 0 Å². The van der Waals surface area contributed by atoms with E-state index >= 15 is 0 Å². The van der Waals surface area contributed by atoms with E-state index in [9.17, 15) is 9.18 Å². The van der Waals surface area contributed by atoms with Crippen molar-refractivity contribution in [3.05, 3.63) is 23.0 Å². The molecule has 18 heavy (non-hydrogen) atoms. The molecule has 0 aliphatic carbocycles. The van der Waals surface area contributed by atoms with Crippen LogP contribution in [-0.4, -0.2) is 30.4 Å². The number of hydrogen-bond acceptors (Lipinski definition) is 3. The van der Waals surface area contributed by atoms with Crippen LogP contribution in [-0.2, 0) is 4.79 Å². The number of carbonyl (C=O) groups excluding carboxylic acids is 1. The topological polar surface area (TPSA) is 58.4 Å². The molecule has 0 aromatic heterocycles. The lowest BCUT2D eigenvalue weighted by molar-refractivity contribution is -0.128. The Morgan fingerprint density at radius 1 is 1.44 bits per heavy atom.